The Hall–Kier alpha value is -1.37. The number of aryl methyl sites for hydroxylation is 1. The molecule has 1 nitrogen and oxygen atoms in total. The fraction of sp³-hybridized carbons (Fsp3) is 0.182. The first-order valence-corrected chi connectivity index (χ1v) is 3.99. The molecule has 0 heterocycles. The molecule has 0 amide bonds. The molecule has 0 fully saturated rings. The fourth-order valence-corrected chi connectivity index (χ4v) is 1.08. The lowest BCUT2D eigenvalue weighted by Crippen LogP contribution is -1.77. The largest absolute Gasteiger partial charge is 0.261 e. The molecule has 12 heavy (non-hydrogen) atoms. The van der Waals surface area contributed by atoms with Crippen LogP contribution < -0.4 is 0 Å². The molecule has 0 saturated carbocycles. The second-order valence-corrected chi connectivity index (χ2v) is 2.65. The monoisotopic (exact) mass is 159 g/mol. The van der Waals surface area contributed by atoms with E-state index in [4.69, 9.17) is 0 Å². The van der Waals surface area contributed by atoms with Gasteiger partial charge in [-0.2, -0.15) is 0 Å². The molecular weight excluding hydrogens is 146 g/mol. The van der Waals surface area contributed by atoms with Gasteiger partial charge in [-0.3, -0.25) is 4.99 Å². The molecule has 0 aliphatic rings. The molecule has 62 valence electrons. The molecule has 0 spiro atoms. The maximum absolute atomic E-state index is 4.24. The maximum atomic E-state index is 4.24. The summed E-state index contributed by atoms with van der Waals surface area (Å²) in [5.41, 5.74) is 3.30. The molecule has 1 heteroatoms. The SMILES string of the molecule is C=Cc1ccc(C)cc1N=CC. The number of rotatable bonds is 2. The number of benzene rings is 1. The zero-order chi connectivity index (χ0) is 8.97. The fourth-order valence-electron chi connectivity index (χ4n) is 1.08. The minimum absolute atomic E-state index is 0.993. The zero-order valence-electron chi connectivity index (χ0n) is 7.54. The van der Waals surface area contributed by atoms with E-state index < -0.39 is 0 Å². The van der Waals surface area contributed by atoms with Crippen molar-refractivity contribution in [2.45, 2.75) is 13.8 Å². The third kappa shape index (κ3) is 1.82. The van der Waals surface area contributed by atoms with E-state index in [0.717, 1.165) is 11.3 Å². The lowest BCUT2D eigenvalue weighted by atomic mass is 10.1. The molecule has 0 unspecified atom stereocenters. The van der Waals surface area contributed by atoms with E-state index in [0.29, 0.717) is 0 Å². The van der Waals surface area contributed by atoms with Crippen LogP contribution in [0.2, 0.25) is 0 Å². The minimum atomic E-state index is 0.993. The van der Waals surface area contributed by atoms with Crippen LogP contribution in [0, 0.1) is 6.92 Å². The summed E-state index contributed by atoms with van der Waals surface area (Å²) in [7, 11) is 0. The van der Waals surface area contributed by atoms with E-state index in [1.807, 2.05) is 19.1 Å². The van der Waals surface area contributed by atoms with Crippen molar-refractivity contribution in [1.82, 2.24) is 0 Å². The Bertz CT molecular complexity index is 311. The van der Waals surface area contributed by atoms with E-state index >= 15 is 0 Å². The summed E-state index contributed by atoms with van der Waals surface area (Å²) in [5.74, 6) is 0. The highest BCUT2D eigenvalue weighted by Gasteiger charge is 1.95. The maximum Gasteiger partial charge on any atom is 0.0700 e. The topological polar surface area (TPSA) is 12.4 Å². The van der Waals surface area contributed by atoms with Gasteiger partial charge in [-0.15, -0.1) is 0 Å². The highest BCUT2D eigenvalue weighted by atomic mass is 14.7. The molecular formula is C11H13N. The van der Waals surface area contributed by atoms with Crippen LogP contribution in [0.3, 0.4) is 0 Å². The van der Waals surface area contributed by atoms with E-state index in [1.54, 1.807) is 6.21 Å². The van der Waals surface area contributed by atoms with Gasteiger partial charge in [0.05, 0.1) is 5.69 Å². The van der Waals surface area contributed by atoms with Crippen LogP contribution >= 0.6 is 0 Å². The van der Waals surface area contributed by atoms with Gasteiger partial charge in [0.15, 0.2) is 0 Å². The molecule has 1 rings (SSSR count). The number of hydrogen-bond donors (Lipinski definition) is 0. The molecule has 0 aliphatic carbocycles. The highest BCUT2D eigenvalue weighted by molar-refractivity contribution is 5.69. The Kier molecular flexibility index (Phi) is 2.81. The van der Waals surface area contributed by atoms with Gasteiger partial charge in [-0.1, -0.05) is 24.8 Å². The lowest BCUT2D eigenvalue weighted by molar-refractivity contribution is 1.42. The smallest absolute Gasteiger partial charge is 0.0700 e. The summed E-state index contributed by atoms with van der Waals surface area (Å²) in [6, 6.07) is 6.15. The minimum Gasteiger partial charge on any atom is -0.261 e. The Morgan fingerprint density at radius 1 is 1.42 bits per heavy atom. The van der Waals surface area contributed by atoms with Gasteiger partial charge in [-0.25, -0.2) is 0 Å². The van der Waals surface area contributed by atoms with Crippen molar-refractivity contribution in [3.05, 3.63) is 35.9 Å². The van der Waals surface area contributed by atoms with E-state index in [1.165, 1.54) is 5.56 Å². The van der Waals surface area contributed by atoms with Crippen molar-refractivity contribution in [2.24, 2.45) is 4.99 Å². The summed E-state index contributed by atoms with van der Waals surface area (Å²) >= 11 is 0. The molecule has 0 bridgehead atoms. The van der Waals surface area contributed by atoms with Gasteiger partial charge in [0.1, 0.15) is 0 Å². The average molecular weight is 159 g/mol. The van der Waals surface area contributed by atoms with Gasteiger partial charge in [0.25, 0.3) is 0 Å². The second kappa shape index (κ2) is 3.86. The summed E-state index contributed by atoms with van der Waals surface area (Å²) in [5, 5.41) is 0. The Morgan fingerprint density at radius 3 is 2.75 bits per heavy atom. The summed E-state index contributed by atoms with van der Waals surface area (Å²) in [6.45, 7) is 7.70. The first-order chi connectivity index (χ1) is 5.77. The van der Waals surface area contributed by atoms with Gasteiger partial charge >= 0.3 is 0 Å². The summed E-state index contributed by atoms with van der Waals surface area (Å²) < 4.78 is 0. The van der Waals surface area contributed by atoms with Gasteiger partial charge in [0, 0.05) is 6.21 Å². The van der Waals surface area contributed by atoms with Crippen molar-refractivity contribution in [3.8, 4) is 0 Å². The predicted octanol–water partition coefficient (Wildman–Crippen LogP) is 3.36. The van der Waals surface area contributed by atoms with Crippen LogP contribution in [0.5, 0.6) is 0 Å². The highest BCUT2D eigenvalue weighted by Crippen LogP contribution is 2.21. The van der Waals surface area contributed by atoms with Crippen molar-refractivity contribution < 1.29 is 0 Å². The van der Waals surface area contributed by atoms with E-state index in [2.05, 4.69) is 30.6 Å². The third-order valence-electron chi connectivity index (χ3n) is 1.67. The second-order valence-electron chi connectivity index (χ2n) is 2.65. The molecule has 0 atom stereocenters. The molecule has 1 aromatic rings. The third-order valence-corrected chi connectivity index (χ3v) is 1.67. The first kappa shape index (κ1) is 8.72. The molecule has 0 saturated heterocycles. The van der Waals surface area contributed by atoms with Gasteiger partial charge in [-0.05, 0) is 31.0 Å². The van der Waals surface area contributed by atoms with Crippen LogP contribution in [-0.2, 0) is 0 Å². The van der Waals surface area contributed by atoms with Gasteiger partial charge < -0.3 is 0 Å². The Balaban J connectivity index is 3.20. The lowest BCUT2D eigenvalue weighted by Gasteiger charge is -2.00. The summed E-state index contributed by atoms with van der Waals surface area (Å²) in [6.07, 6.45) is 3.61. The number of hydrogen-bond acceptors (Lipinski definition) is 1. The van der Waals surface area contributed by atoms with Crippen molar-refractivity contribution >= 4 is 18.0 Å². The number of aliphatic imine (C=N–C) groups is 1. The molecule has 0 aromatic heterocycles. The van der Waals surface area contributed by atoms with Gasteiger partial charge in [0.2, 0.25) is 0 Å². The van der Waals surface area contributed by atoms with Crippen LogP contribution in [0.1, 0.15) is 18.1 Å². The number of nitrogens with zero attached hydrogens (tertiary/aromatic N) is 1. The van der Waals surface area contributed by atoms with Crippen LogP contribution in [-0.4, -0.2) is 6.21 Å². The van der Waals surface area contributed by atoms with Crippen molar-refractivity contribution in [3.63, 3.8) is 0 Å². The quantitative estimate of drug-likeness (QED) is 0.587. The standard InChI is InChI=1S/C11H13N/c1-4-10-7-6-9(3)8-11(10)12-5-2/h4-8H,1H2,2-3H3. The first-order valence-electron chi connectivity index (χ1n) is 3.99. The summed E-state index contributed by atoms with van der Waals surface area (Å²) in [4.78, 5) is 4.24. The molecule has 0 radical (unpaired) electrons. The molecule has 0 aliphatic heterocycles. The molecule has 1 aromatic carbocycles. The zero-order valence-corrected chi connectivity index (χ0v) is 7.54. The Morgan fingerprint density at radius 2 is 2.17 bits per heavy atom. The Labute approximate surface area is 73.5 Å². The predicted molar refractivity (Wildman–Crippen MR) is 55.1 cm³/mol. The van der Waals surface area contributed by atoms with Crippen LogP contribution in [0.25, 0.3) is 6.08 Å². The van der Waals surface area contributed by atoms with E-state index in [9.17, 15) is 0 Å². The average Bonchev–Trinajstić information content (AvgIpc) is 2.05. The van der Waals surface area contributed by atoms with Crippen molar-refractivity contribution in [1.29, 1.82) is 0 Å². The van der Waals surface area contributed by atoms with Crippen LogP contribution in [0.4, 0.5) is 5.69 Å². The molecule has 0 N–H and O–H groups in total. The normalized spacial score (nSPS) is 10.5. The van der Waals surface area contributed by atoms with E-state index in [-0.39, 0.29) is 0 Å². The van der Waals surface area contributed by atoms with Crippen molar-refractivity contribution in [2.75, 3.05) is 0 Å². The van der Waals surface area contributed by atoms with Crippen LogP contribution in [0.15, 0.2) is 29.8 Å².